The van der Waals surface area contributed by atoms with E-state index in [1.807, 2.05) is 0 Å². The van der Waals surface area contributed by atoms with Crippen molar-refractivity contribution in [3.63, 3.8) is 0 Å². The molecule has 0 saturated heterocycles. The van der Waals surface area contributed by atoms with Gasteiger partial charge in [0.05, 0.1) is 0 Å². The van der Waals surface area contributed by atoms with Crippen LogP contribution in [0.4, 0.5) is 0 Å². The van der Waals surface area contributed by atoms with Crippen LogP contribution in [0.5, 0.6) is 0 Å². The molecule has 0 saturated carbocycles. The van der Waals surface area contributed by atoms with Gasteiger partial charge in [-0.3, -0.25) is 4.55 Å². The quantitative estimate of drug-likeness (QED) is 0.226. The van der Waals surface area contributed by atoms with Crippen LogP contribution in [0.3, 0.4) is 0 Å². The molecule has 0 heterocycles. The van der Waals surface area contributed by atoms with Gasteiger partial charge in [0.2, 0.25) is 0 Å². The molecule has 0 radical (unpaired) electrons. The van der Waals surface area contributed by atoms with Gasteiger partial charge in [0.25, 0.3) is 15.8 Å². The molecule has 0 unspecified atom stereocenters. The van der Waals surface area contributed by atoms with Crippen LogP contribution in [0.25, 0.3) is 0 Å². The molecule has 0 aromatic rings. The van der Waals surface area contributed by atoms with E-state index in [1.54, 1.807) is 0 Å². The van der Waals surface area contributed by atoms with Crippen molar-refractivity contribution in [1.82, 2.24) is 0 Å². The lowest BCUT2D eigenvalue weighted by molar-refractivity contribution is -0.145. The van der Waals surface area contributed by atoms with Gasteiger partial charge < -0.3 is 9.94 Å². The lowest BCUT2D eigenvalue weighted by Crippen LogP contribution is -2.37. The first-order valence-corrected chi connectivity index (χ1v) is 5.53. The largest absolute Gasteiger partial charge is 0.453 e. The van der Waals surface area contributed by atoms with Crippen molar-refractivity contribution in [3.05, 3.63) is 0 Å². The molecular formula is C7H10N2O6S. The molecule has 0 spiro atoms. The number of carbonyl (C=O) groups is 1. The zero-order chi connectivity index (χ0) is 13.0. The van der Waals surface area contributed by atoms with Gasteiger partial charge in [-0.1, -0.05) is 5.16 Å². The fraction of sp³-hybridized carbons (Fsp3) is 0.571. The number of hydrogen-bond acceptors (Lipinski definition) is 7. The van der Waals surface area contributed by atoms with Crippen molar-refractivity contribution in [2.45, 2.75) is 19.4 Å². The minimum absolute atomic E-state index is 0.837. The summed E-state index contributed by atoms with van der Waals surface area (Å²) >= 11 is 0. The summed E-state index contributed by atoms with van der Waals surface area (Å²) in [5.74, 6) is -2.12. The third kappa shape index (κ3) is 5.28. The predicted molar refractivity (Wildman–Crippen MR) is 51.4 cm³/mol. The van der Waals surface area contributed by atoms with E-state index in [9.17, 15) is 13.2 Å². The van der Waals surface area contributed by atoms with Gasteiger partial charge in [0.1, 0.15) is 17.4 Å². The van der Waals surface area contributed by atoms with E-state index in [1.165, 1.54) is 19.9 Å². The zero-order valence-corrected chi connectivity index (χ0v) is 9.35. The molecule has 0 amide bonds. The van der Waals surface area contributed by atoms with Crippen molar-refractivity contribution >= 4 is 21.8 Å². The fourth-order valence-corrected chi connectivity index (χ4v) is 1.81. The molecule has 2 N–H and O–H groups in total. The zero-order valence-electron chi connectivity index (χ0n) is 8.54. The second kappa shape index (κ2) is 4.91. The number of carbonyl (C=O) groups excluding carboxylic acids is 1. The van der Waals surface area contributed by atoms with E-state index in [2.05, 4.69) is 9.89 Å². The maximum Gasteiger partial charge on any atom is 0.372 e. The minimum Gasteiger partial charge on any atom is -0.453 e. The van der Waals surface area contributed by atoms with E-state index in [0.29, 0.717) is 0 Å². The van der Waals surface area contributed by atoms with Crippen molar-refractivity contribution in [1.29, 1.82) is 5.26 Å². The van der Waals surface area contributed by atoms with E-state index in [4.69, 9.17) is 15.0 Å². The van der Waals surface area contributed by atoms with E-state index in [0.717, 1.165) is 0 Å². The van der Waals surface area contributed by atoms with Gasteiger partial charge in [-0.15, -0.1) is 0 Å². The Morgan fingerprint density at radius 1 is 1.56 bits per heavy atom. The molecule has 0 bridgehead atoms. The summed E-state index contributed by atoms with van der Waals surface area (Å²) in [6.45, 7) is 2.43. The second-order valence-electron chi connectivity index (χ2n) is 3.44. The molecule has 0 aliphatic heterocycles. The Bertz CT molecular complexity index is 444. The van der Waals surface area contributed by atoms with Crippen molar-refractivity contribution in [2.75, 3.05) is 5.75 Å². The molecule has 0 aliphatic rings. The molecule has 16 heavy (non-hydrogen) atoms. The van der Waals surface area contributed by atoms with Gasteiger partial charge in [0.15, 0.2) is 0 Å². The highest BCUT2D eigenvalue weighted by molar-refractivity contribution is 7.85. The van der Waals surface area contributed by atoms with Gasteiger partial charge in [-0.05, 0) is 13.8 Å². The molecule has 0 aromatic heterocycles. The molecule has 0 fully saturated rings. The van der Waals surface area contributed by atoms with Crippen LogP contribution in [0.15, 0.2) is 5.16 Å². The lowest BCUT2D eigenvalue weighted by Gasteiger charge is -2.22. The Hall–Kier alpha value is -1.66. The Morgan fingerprint density at radius 3 is 2.38 bits per heavy atom. The Morgan fingerprint density at radius 2 is 2.06 bits per heavy atom. The molecule has 9 heteroatoms. The van der Waals surface area contributed by atoms with Crippen LogP contribution < -0.4 is 0 Å². The highest BCUT2D eigenvalue weighted by Gasteiger charge is 2.31. The number of ether oxygens (including phenoxy) is 1. The van der Waals surface area contributed by atoms with Gasteiger partial charge in [-0.2, -0.15) is 13.7 Å². The van der Waals surface area contributed by atoms with Crippen LogP contribution >= 0.6 is 0 Å². The Balaban J connectivity index is 4.75. The molecule has 0 atom stereocenters. The second-order valence-corrected chi connectivity index (χ2v) is 4.89. The maximum absolute atomic E-state index is 11.1. The number of oxime groups is 1. The number of rotatable bonds is 4. The van der Waals surface area contributed by atoms with Crippen LogP contribution in [-0.2, 0) is 19.6 Å². The normalized spacial score (nSPS) is 13.0. The summed E-state index contributed by atoms with van der Waals surface area (Å²) in [6, 6.07) is 1.25. The molecule has 90 valence electrons. The summed E-state index contributed by atoms with van der Waals surface area (Å²) in [5.41, 5.74) is -2.46. The Labute approximate surface area is 91.9 Å². The van der Waals surface area contributed by atoms with Crippen LogP contribution in [0.1, 0.15) is 13.8 Å². The van der Waals surface area contributed by atoms with E-state index < -0.39 is 33.2 Å². The summed E-state index contributed by atoms with van der Waals surface area (Å²) in [6.07, 6.45) is 0. The Kier molecular flexibility index (Phi) is 4.40. The molecule has 8 nitrogen and oxygen atoms in total. The first-order chi connectivity index (χ1) is 7.11. The highest BCUT2D eigenvalue weighted by Crippen LogP contribution is 2.12. The summed E-state index contributed by atoms with van der Waals surface area (Å²) in [5, 5.41) is 18.9. The van der Waals surface area contributed by atoms with Crippen LogP contribution in [0, 0.1) is 11.3 Å². The van der Waals surface area contributed by atoms with Crippen molar-refractivity contribution < 1.29 is 27.7 Å². The van der Waals surface area contributed by atoms with Crippen molar-refractivity contribution in [3.8, 4) is 6.07 Å². The van der Waals surface area contributed by atoms with Gasteiger partial charge in [0, 0.05) is 0 Å². The molecule has 0 rings (SSSR count). The number of esters is 1. The summed E-state index contributed by atoms with van der Waals surface area (Å²) in [4.78, 5) is 11.1. The topological polar surface area (TPSA) is 137 Å². The average molecular weight is 250 g/mol. The smallest absolute Gasteiger partial charge is 0.372 e. The highest BCUT2D eigenvalue weighted by atomic mass is 32.2. The summed E-state index contributed by atoms with van der Waals surface area (Å²) in [7, 11) is -4.33. The van der Waals surface area contributed by atoms with E-state index >= 15 is 0 Å². The maximum atomic E-state index is 11.1. The van der Waals surface area contributed by atoms with Gasteiger partial charge >= 0.3 is 5.97 Å². The third-order valence-electron chi connectivity index (χ3n) is 1.30. The van der Waals surface area contributed by atoms with E-state index in [-0.39, 0.29) is 0 Å². The molecule has 0 aromatic carbocycles. The standard InChI is InChI=1S/C7H10N2O6S/c1-7(2,4-16(12,13)14)15-6(10)5(3-8)9-11/h11H,4H2,1-2H3,(H,12,13,14). The summed E-state index contributed by atoms with van der Waals surface area (Å²) < 4.78 is 34.2. The van der Waals surface area contributed by atoms with Crippen molar-refractivity contribution in [2.24, 2.45) is 5.16 Å². The first-order valence-electron chi connectivity index (χ1n) is 3.92. The molecular weight excluding hydrogens is 240 g/mol. The van der Waals surface area contributed by atoms with Crippen LogP contribution in [-0.4, -0.2) is 41.2 Å². The molecule has 0 aliphatic carbocycles. The predicted octanol–water partition coefficient (Wildman–Crippen LogP) is -0.450. The minimum atomic E-state index is -4.33. The first kappa shape index (κ1) is 14.3. The number of hydrogen-bond donors (Lipinski definition) is 2. The third-order valence-corrected chi connectivity index (χ3v) is 2.36. The number of nitrogens with zero attached hydrogens (tertiary/aromatic N) is 2. The lowest BCUT2D eigenvalue weighted by atomic mass is 10.2. The monoisotopic (exact) mass is 250 g/mol. The number of nitriles is 1. The SMILES string of the molecule is CC(C)(CS(=O)(=O)O)OC(=O)C(C#N)=NO. The van der Waals surface area contributed by atoms with Gasteiger partial charge in [-0.25, -0.2) is 4.79 Å². The fourth-order valence-electron chi connectivity index (χ4n) is 0.877. The average Bonchev–Trinajstić information content (AvgIpc) is 1.99. The van der Waals surface area contributed by atoms with Crippen LogP contribution in [0.2, 0.25) is 0 Å².